The molecule has 0 unspecified atom stereocenters. The quantitative estimate of drug-likeness (QED) is 0.468. The highest BCUT2D eigenvalue weighted by Gasteiger charge is 2.35. The molecule has 1 saturated heterocycles. The standard InChI is InChI=1S/C19H14BrCl2NO4S/c1-26-15-7-10(6-12(20)17(15)27-2)8-16-18(24)23(19(25)28-16)9-11-13(21)4-3-5-14(11)22/h3-8H,9H2,1-2H3/b16-8+. The van der Waals surface area contributed by atoms with Gasteiger partial charge in [0, 0.05) is 15.6 Å². The average molecular weight is 503 g/mol. The third kappa shape index (κ3) is 4.17. The van der Waals surface area contributed by atoms with E-state index in [-0.39, 0.29) is 11.8 Å². The van der Waals surface area contributed by atoms with Crippen LogP contribution in [0.25, 0.3) is 6.08 Å². The van der Waals surface area contributed by atoms with Gasteiger partial charge in [0.1, 0.15) is 0 Å². The van der Waals surface area contributed by atoms with Gasteiger partial charge in [-0.3, -0.25) is 14.5 Å². The predicted molar refractivity (Wildman–Crippen MR) is 115 cm³/mol. The molecule has 1 aliphatic heterocycles. The first-order valence-electron chi connectivity index (χ1n) is 7.95. The molecular formula is C19H14BrCl2NO4S. The highest BCUT2D eigenvalue weighted by molar-refractivity contribution is 9.10. The molecule has 1 aliphatic rings. The third-order valence-corrected chi connectivity index (χ3v) is 6.21. The number of carbonyl (C=O) groups excluding carboxylic acids is 2. The van der Waals surface area contributed by atoms with Crippen molar-refractivity contribution >= 4 is 68.1 Å². The number of methoxy groups -OCH3 is 2. The van der Waals surface area contributed by atoms with E-state index >= 15 is 0 Å². The van der Waals surface area contributed by atoms with Crippen LogP contribution in [0.1, 0.15) is 11.1 Å². The summed E-state index contributed by atoms with van der Waals surface area (Å²) >= 11 is 16.6. The predicted octanol–water partition coefficient (Wildman–Crippen LogP) is 6.01. The van der Waals surface area contributed by atoms with Gasteiger partial charge in [-0.25, -0.2) is 0 Å². The van der Waals surface area contributed by atoms with Gasteiger partial charge in [0.15, 0.2) is 11.5 Å². The van der Waals surface area contributed by atoms with Gasteiger partial charge in [0.25, 0.3) is 11.1 Å². The summed E-state index contributed by atoms with van der Waals surface area (Å²) in [6.45, 7) is 0.0101. The molecule has 146 valence electrons. The molecule has 0 bridgehead atoms. The number of ether oxygens (including phenoxy) is 2. The molecule has 2 amide bonds. The highest BCUT2D eigenvalue weighted by atomic mass is 79.9. The second kappa shape index (κ2) is 8.78. The lowest BCUT2D eigenvalue weighted by Crippen LogP contribution is -2.27. The van der Waals surface area contributed by atoms with Crippen molar-refractivity contribution in [2.45, 2.75) is 6.54 Å². The minimum absolute atomic E-state index is 0.0101. The number of hydrogen-bond acceptors (Lipinski definition) is 5. The van der Waals surface area contributed by atoms with E-state index in [1.165, 1.54) is 14.2 Å². The second-order valence-electron chi connectivity index (χ2n) is 5.71. The summed E-state index contributed by atoms with van der Waals surface area (Å²) in [7, 11) is 3.06. The Morgan fingerprint density at radius 2 is 1.82 bits per heavy atom. The SMILES string of the molecule is COc1cc(/C=C2/SC(=O)N(Cc3c(Cl)cccc3Cl)C2=O)cc(Br)c1OC. The summed E-state index contributed by atoms with van der Waals surface area (Å²) in [5, 5.41) is 0.422. The van der Waals surface area contributed by atoms with Crippen molar-refractivity contribution in [1.82, 2.24) is 4.90 Å². The van der Waals surface area contributed by atoms with Crippen molar-refractivity contribution in [3.05, 3.63) is 60.9 Å². The Labute approximate surface area is 184 Å². The smallest absolute Gasteiger partial charge is 0.293 e. The monoisotopic (exact) mass is 501 g/mol. The number of imide groups is 1. The van der Waals surface area contributed by atoms with Gasteiger partial charge >= 0.3 is 0 Å². The van der Waals surface area contributed by atoms with E-state index in [0.717, 1.165) is 16.7 Å². The number of hydrogen-bond donors (Lipinski definition) is 0. The molecule has 0 aromatic heterocycles. The Hall–Kier alpha value is -1.67. The molecule has 2 aromatic rings. The minimum Gasteiger partial charge on any atom is -0.493 e. The maximum atomic E-state index is 12.8. The maximum absolute atomic E-state index is 12.8. The molecule has 0 aliphatic carbocycles. The zero-order chi connectivity index (χ0) is 20.4. The van der Waals surface area contributed by atoms with Crippen molar-refractivity contribution in [2.75, 3.05) is 14.2 Å². The molecule has 3 rings (SSSR count). The molecule has 0 radical (unpaired) electrons. The van der Waals surface area contributed by atoms with E-state index < -0.39 is 5.91 Å². The Balaban J connectivity index is 1.90. The second-order valence-corrected chi connectivity index (χ2v) is 8.37. The van der Waals surface area contributed by atoms with Crippen molar-refractivity contribution in [3.8, 4) is 11.5 Å². The van der Waals surface area contributed by atoms with Gasteiger partial charge in [0.2, 0.25) is 0 Å². The van der Waals surface area contributed by atoms with Gasteiger partial charge in [-0.05, 0) is 63.6 Å². The van der Waals surface area contributed by atoms with E-state index in [0.29, 0.717) is 42.0 Å². The summed E-state index contributed by atoms with van der Waals surface area (Å²) in [4.78, 5) is 26.6. The highest BCUT2D eigenvalue weighted by Crippen LogP contribution is 2.39. The number of carbonyl (C=O) groups is 2. The van der Waals surface area contributed by atoms with Gasteiger partial charge < -0.3 is 9.47 Å². The number of rotatable bonds is 5. The molecule has 2 aromatic carbocycles. The van der Waals surface area contributed by atoms with Crippen LogP contribution in [0.5, 0.6) is 11.5 Å². The first-order valence-corrected chi connectivity index (χ1v) is 10.3. The fourth-order valence-electron chi connectivity index (χ4n) is 2.65. The van der Waals surface area contributed by atoms with Crippen molar-refractivity contribution in [3.63, 3.8) is 0 Å². The van der Waals surface area contributed by atoms with E-state index in [2.05, 4.69) is 15.9 Å². The number of benzene rings is 2. The molecule has 28 heavy (non-hydrogen) atoms. The summed E-state index contributed by atoms with van der Waals surface area (Å²) in [6.07, 6.45) is 1.63. The van der Waals surface area contributed by atoms with Crippen LogP contribution in [0.3, 0.4) is 0 Å². The average Bonchev–Trinajstić information content (AvgIpc) is 2.91. The molecular weight excluding hydrogens is 489 g/mol. The van der Waals surface area contributed by atoms with Gasteiger partial charge in [-0.2, -0.15) is 0 Å². The summed E-state index contributed by atoms with van der Waals surface area (Å²) in [5.74, 6) is 0.642. The minimum atomic E-state index is -0.406. The lowest BCUT2D eigenvalue weighted by atomic mass is 10.1. The molecule has 1 heterocycles. The van der Waals surface area contributed by atoms with Crippen LogP contribution in [-0.4, -0.2) is 30.3 Å². The van der Waals surface area contributed by atoms with Crippen molar-refractivity contribution in [1.29, 1.82) is 0 Å². The lowest BCUT2D eigenvalue weighted by Gasteiger charge is -2.14. The first kappa shape index (κ1) is 21.0. The Morgan fingerprint density at radius 1 is 1.14 bits per heavy atom. The van der Waals surface area contributed by atoms with Crippen molar-refractivity contribution in [2.24, 2.45) is 0 Å². The van der Waals surface area contributed by atoms with E-state index in [9.17, 15) is 9.59 Å². The van der Waals surface area contributed by atoms with Crippen LogP contribution in [0.4, 0.5) is 4.79 Å². The van der Waals surface area contributed by atoms with Crippen LogP contribution in [0.2, 0.25) is 10.0 Å². The summed E-state index contributed by atoms with van der Waals surface area (Å²) in [6, 6.07) is 8.54. The lowest BCUT2D eigenvalue weighted by molar-refractivity contribution is -0.123. The van der Waals surface area contributed by atoms with Gasteiger partial charge in [0.05, 0.1) is 30.1 Å². The van der Waals surface area contributed by atoms with Crippen LogP contribution in [-0.2, 0) is 11.3 Å². The molecule has 9 heteroatoms. The maximum Gasteiger partial charge on any atom is 0.293 e. The zero-order valence-corrected chi connectivity index (χ0v) is 18.7. The van der Waals surface area contributed by atoms with E-state index in [4.69, 9.17) is 32.7 Å². The Bertz CT molecular complexity index is 976. The molecule has 0 saturated carbocycles. The number of nitrogens with zero attached hydrogens (tertiary/aromatic N) is 1. The number of thioether (sulfide) groups is 1. The van der Waals surface area contributed by atoms with Crippen molar-refractivity contribution < 1.29 is 19.1 Å². The molecule has 0 spiro atoms. The number of halogens is 3. The van der Waals surface area contributed by atoms with Gasteiger partial charge in [-0.15, -0.1) is 0 Å². The Kier molecular flexibility index (Phi) is 6.60. The fourth-order valence-corrected chi connectivity index (χ4v) is 4.63. The van der Waals surface area contributed by atoms with Crippen LogP contribution in [0.15, 0.2) is 39.7 Å². The third-order valence-electron chi connectivity index (χ3n) is 4.01. The van der Waals surface area contributed by atoms with Crippen LogP contribution < -0.4 is 9.47 Å². The molecule has 1 fully saturated rings. The Morgan fingerprint density at radius 3 is 2.43 bits per heavy atom. The number of amides is 2. The largest absolute Gasteiger partial charge is 0.493 e. The molecule has 5 nitrogen and oxygen atoms in total. The first-order chi connectivity index (χ1) is 13.3. The normalized spacial score (nSPS) is 15.5. The fraction of sp³-hybridized carbons (Fsp3) is 0.158. The molecule has 0 N–H and O–H groups in total. The van der Waals surface area contributed by atoms with Crippen LogP contribution in [0, 0.1) is 0 Å². The van der Waals surface area contributed by atoms with Gasteiger partial charge in [-0.1, -0.05) is 29.3 Å². The topological polar surface area (TPSA) is 55.8 Å². The molecule has 0 atom stereocenters. The zero-order valence-electron chi connectivity index (χ0n) is 14.8. The van der Waals surface area contributed by atoms with Crippen LogP contribution >= 0.6 is 50.9 Å². The van der Waals surface area contributed by atoms with E-state index in [1.54, 1.807) is 36.4 Å². The van der Waals surface area contributed by atoms with E-state index in [1.807, 2.05) is 0 Å². The summed E-state index contributed by atoms with van der Waals surface area (Å²) < 4.78 is 11.3. The summed E-state index contributed by atoms with van der Waals surface area (Å²) in [5.41, 5.74) is 1.22.